The number of para-hydroxylation sites is 1. The minimum Gasteiger partial charge on any atom is -0.479 e. The van der Waals surface area contributed by atoms with Gasteiger partial charge in [-0.25, -0.2) is 9.59 Å². The number of nitrogens with zero attached hydrogens (tertiary/aromatic N) is 2. The van der Waals surface area contributed by atoms with Crippen molar-refractivity contribution in [2.45, 2.75) is 20.0 Å². The number of H-pyrrole nitrogens is 1. The van der Waals surface area contributed by atoms with Crippen LogP contribution in [0.5, 0.6) is 5.75 Å². The van der Waals surface area contributed by atoms with E-state index in [1.54, 1.807) is 62.4 Å². The molecular weight excluding hydrogens is 362 g/mol. The number of aromatic amines is 1. The van der Waals surface area contributed by atoms with Crippen LogP contribution in [0.1, 0.15) is 19.4 Å². The molecule has 144 valence electrons. The molecule has 8 nitrogen and oxygen atoms in total. The molecule has 0 bridgehead atoms. The van der Waals surface area contributed by atoms with Crippen LogP contribution in [-0.4, -0.2) is 34.6 Å². The molecule has 28 heavy (non-hydrogen) atoms. The van der Waals surface area contributed by atoms with Gasteiger partial charge in [0.05, 0.1) is 23.7 Å². The Morgan fingerprint density at radius 3 is 2.61 bits per heavy atom. The lowest BCUT2D eigenvalue weighted by molar-refractivity contribution is -0.150. The Hall–Kier alpha value is -3.68. The molecule has 3 rings (SSSR count). The van der Waals surface area contributed by atoms with Gasteiger partial charge >= 0.3 is 11.7 Å². The molecule has 0 saturated carbocycles. The zero-order valence-corrected chi connectivity index (χ0v) is 15.4. The average molecular weight is 381 g/mol. The number of nitrogens with one attached hydrogen (secondary N) is 1. The fraction of sp³-hybridized carbons (Fsp3) is 0.200. The third-order valence-corrected chi connectivity index (χ3v) is 3.92. The topological polar surface area (TPSA) is 103 Å². The molecule has 3 aromatic rings. The molecule has 2 aromatic carbocycles. The molecule has 0 unspecified atom stereocenters. The number of rotatable bonds is 6. The molecule has 0 aliphatic rings. The standard InChI is InChI=1S/C20H19N3O5/c1-3-27-19(25)13(2)28-15-10-8-14(9-11-15)12-21-23-18(24)16-6-4-5-7-17(16)22-20(23)26/h4-13H,3H2,1-2H3,(H,22,26)/t13-/m1/s1. The van der Waals surface area contributed by atoms with Crippen molar-refractivity contribution in [2.24, 2.45) is 5.10 Å². The number of benzene rings is 2. The van der Waals surface area contributed by atoms with Crippen LogP contribution in [0, 0.1) is 0 Å². The lowest BCUT2D eigenvalue weighted by atomic mass is 10.2. The Balaban J connectivity index is 1.78. The summed E-state index contributed by atoms with van der Waals surface area (Å²) >= 11 is 0. The SMILES string of the molecule is CCOC(=O)[C@@H](C)Oc1ccc(C=Nn2c(=O)[nH]c3ccccc3c2=O)cc1. The van der Waals surface area contributed by atoms with Crippen LogP contribution in [-0.2, 0) is 9.53 Å². The van der Waals surface area contributed by atoms with Crippen molar-refractivity contribution < 1.29 is 14.3 Å². The highest BCUT2D eigenvalue weighted by molar-refractivity contribution is 5.80. The van der Waals surface area contributed by atoms with Crippen LogP contribution in [0.4, 0.5) is 0 Å². The van der Waals surface area contributed by atoms with Crippen LogP contribution < -0.4 is 16.0 Å². The van der Waals surface area contributed by atoms with E-state index in [2.05, 4.69) is 10.1 Å². The Labute approximate surface area is 160 Å². The summed E-state index contributed by atoms with van der Waals surface area (Å²) in [5.41, 5.74) is -0.0150. The van der Waals surface area contributed by atoms with E-state index in [0.717, 1.165) is 4.68 Å². The van der Waals surface area contributed by atoms with Gasteiger partial charge in [-0.1, -0.05) is 12.1 Å². The van der Waals surface area contributed by atoms with E-state index in [9.17, 15) is 14.4 Å². The van der Waals surface area contributed by atoms with Gasteiger partial charge in [-0.2, -0.15) is 5.10 Å². The molecule has 8 heteroatoms. The molecule has 0 spiro atoms. The number of carbonyl (C=O) groups excluding carboxylic acids is 1. The number of aromatic nitrogens is 2. The maximum Gasteiger partial charge on any atom is 0.349 e. The third-order valence-electron chi connectivity index (χ3n) is 3.92. The second-order valence-corrected chi connectivity index (χ2v) is 5.92. The fourth-order valence-corrected chi connectivity index (χ4v) is 2.53. The van der Waals surface area contributed by atoms with Crippen LogP contribution in [0.15, 0.2) is 63.2 Å². The van der Waals surface area contributed by atoms with Gasteiger partial charge < -0.3 is 14.5 Å². The van der Waals surface area contributed by atoms with E-state index in [4.69, 9.17) is 9.47 Å². The second-order valence-electron chi connectivity index (χ2n) is 5.92. The molecule has 1 N–H and O–H groups in total. The van der Waals surface area contributed by atoms with Gasteiger partial charge in [0.2, 0.25) is 0 Å². The monoisotopic (exact) mass is 381 g/mol. The summed E-state index contributed by atoms with van der Waals surface area (Å²) in [6.45, 7) is 3.62. The molecular formula is C20H19N3O5. The maximum absolute atomic E-state index is 12.4. The number of hydrogen-bond acceptors (Lipinski definition) is 6. The van der Waals surface area contributed by atoms with Crippen molar-refractivity contribution in [3.63, 3.8) is 0 Å². The first-order chi connectivity index (χ1) is 13.5. The van der Waals surface area contributed by atoms with Crippen LogP contribution in [0.25, 0.3) is 10.9 Å². The molecule has 0 radical (unpaired) electrons. The lowest BCUT2D eigenvalue weighted by Gasteiger charge is -2.13. The molecule has 1 aromatic heterocycles. The summed E-state index contributed by atoms with van der Waals surface area (Å²) in [6, 6.07) is 13.4. The predicted molar refractivity (Wildman–Crippen MR) is 105 cm³/mol. The van der Waals surface area contributed by atoms with Gasteiger partial charge in [0.1, 0.15) is 5.75 Å². The van der Waals surface area contributed by atoms with Gasteiger partial charge in [-0.05, 0) is 55.8 Å². The Kier molecular flexibility index (Phi) is 5.69. The largest absolute Gasteiger partial charge is 0.479 e. The minimum atomic E-state index is -0.728. The number of carbonyl (C=O) groups is 1. The van der Waals surface area contributed by atoms with E-state index < -0.39 is 23.3 Å². The van der Waals surface area contributed by atoms with E-state index in [-0.39, 0.29) is 6.61 Å². The van der Waals surface area contributed by atoms with Crippen LogP contribution in [0.2, 0.25) is 0 Å². The van der Waals surface area contributed by atoms with E-state index in [1.165, 1.54) is 6.21 Å². The maximum atomic E-state index is 12.4. The first-order valence-corrected chi connectivity index (χ1v) is 8.71. The first kappa shape index (κ1) is 19.1. The van der Waals surface area contributed by atoms with Crippen molar-refractivity contribution in [3.8, 4) is 5.75 Å². The van der Waals surface area contributed by atoms with Crippen LogP contribution in [0.3, 0.4) is 0 Å². The normalized spacial score (nSPS) is 12.2. The highest BCUT2D eigenvalue weighted by atomic mass is 16.6. The molecule has 0 amide bonds. The zero-order chi connectivity index (χ0) is 20.1. The van der Waals surface area contributed by atoms with Crippen molar-refractivity contribution >= 4 is 23.1 Å². The Morgan fingerprint density at radius 1 is 1.18 bits per heavy atom. The molecule has 1 atom stereocenters. The molecule has 0 saturated heterocycles. The average Bonchev–Trinajstić information content (AvgIpc) is 2.69. The quantitative estimate of drug-likeness (QED) is 0.519. The van der Waals surface area contributed by atoms with Crippen molar-refractivity contribution in [1.29, 1.82) is 0 Å². The molecule has 1 heterocycles. The lowest BCUT2D eigenvalue weighted by Crippen LogP contribution is -2.32. The molecule has 0 aliphatic heterocycles. The van der Waals surface area contributed by atoms with Gasteiger partial charge in [0.15, 0.2) is 6.10 Å². The highest BCUT2D eigenvalue weighted by Gasteiger charge is 2.15. The van der Waals surface area contributed by atoms with Crippen LogP contribution >= 0.6 is 0 Å². The number of ether oxygens (including phenoxy) is 2. The highest BCUT2D eigenvalue weighted by Crippen LogP contribution is 2.13. The summed E-state index contributed by atoms with van der Waals surface area (Å²) in [7, 11) is 0. The zero-order valence-electron chi connectivity index (χ0n) is 15.4. The van der Waals surface area contributed by atoms with E-state index in [1.807, 2.05) is 0 Å². The molecule has 0 fully saturated rings. The number of esters is 1. The summed E-state index contributed by atoms with van der Waals surface area (Å²) in [5, 5.41) is 4.36. The second kappa shape index (κ2) is 8.34. The smallest absolute Gasteiger partial charge is 0.349 e. The summed E-state index contributed by atoms with van der Waals surface area (Å²) in [5.74, 6) is 0.0430. The summed E-state index contributed by atoms with van der Waals surface area (Å²) in [6.07, 6.45) is 0.665. The minimum absolute atomic E-state index is 0.287. The Bertz CT molecular complexity index is 1130. The van der Waals surface area contributed by atoms with Gasteiger partial charge in [-0.3, -0.25) is 4.79 Å². The van der Waals surface area contributed by atoms with Crippen molar-refractivity contribution in [3.05, 3.63) is 74.9 Å². The fourth-order valence-electron chi connectivity index (χ4n) is 2.53. The van der Waals surface area contributed by atoms with Gasteiger partial charge in [0.25, 0.3) is 5.56 Å². The predicted octanol–water partition coefficient (Wildman–Crippen LogP) is 1.90. The first-order valence-electron chi connectivity index (χ1n) is 8.71. The third kappa shape index (κ3) is 4.17. The Morgan fingerprint density at radius 2 is 1.89 bits per heavy atom. The van der Waals surface area contributed by atoms with Crippen molar-refractivity contribution in [1.82, 2.24) is 9.66 Å². The molecule has 0 aliphatic carbocycles. The van der Waals surface area contributed by atoms with E-state index >= 15 is 0 Å². The van der Waals surface area contributed by atoms with Gasteiger partial charge in [-0.15, -0.1) is 4.68 Å². The number of fused-ring (bicyclic) bond motifs is 1. The summed E-state index contributed by atoms with van der Waals surface area (Å²) < 4.78 is 11.2. The van der Waals surface area contributed by atoms with Crippen molar-refractivity contribution in [2.75, 3.05) is 6.61 Å². The number of hydrogen-bond donors (Lipinski definition) is 1. The van der Waals surface area contributed by atoms with E-state index in [0.29, 0.717) is 22.2 Å². The van der Waals surface area contributed by atoms with Gasteiger partial charge in [0, 0.05) is 0 Å². The summed E-state index contributed by atoms with van der Waals surface area (Å²) in [4.78, 5) is 38.7.